The van der Waals surface area contributed by atoms with E-state index < -0.39 is 35.8 Å². The van der Waals surface area contributed by atoms with Crippen LogP contribution in [0.15, 0.2) is 64.4 Å². The standard InChI is InChI=1S/C16H15N3O7S2/c17-19(18-11-4-2-1-3-5-11)12-6-10-7-15(27(21,22)23)16(28(24,25)26)9-13(10)14(20)8-12/h1-9,18,20H,17H2,(H,21,22,23)(H,24,25,26). The third kappa shape index (κ3) is 4.00. The molecule has 0 unspecified atom stereocenters. The number of rotatable bonds is 5. The molecule has 10 nitrogen and oxygen atoms in total. The molecule has 0 saturated carbocycles. The highest BCUT2D eigenvalue weighted by Crippen LogP contribution is 2.35. The van der Waals surface area contributed by atoms with Crippen LogP contribution in [0.25, 0.3) is 10.8 Å². The van der Waals surface area contributed by atoms with Crippen LogP contribution in [0.2, 0.25) is 0 Å². The van der Waals surface area contributed by atoms with E-state index in [4.69, 9.17) is 5.84 Å². The third-order valence-electron chi connectivity index (χ3n) is 3.84. The van der Waals surface area contributed by atoms with Gasteiger partial charge in [0.25, 0.3) is 20.2 Å². The van der Waals surface area contributed by atoms with E-state index >= 15 is 0 Å². The number of aromatic hydroxyl groups is 1. The molecule has 0 aromatic heterocycles. The Balaban J connectivity index is 2.17. The zero-order valence-corrected chi connectivity index (χ0v) is 15.6. The van der Waals surface area contributed by atoms with Gasteiger partial charge in [0.1, 0.15) is 15.5 Å². The molecule has 3 aromatic carbocycles. The number of anilines is 2. The van der Waals surface area contributed by atoms with Crippen LogP contribution in [-0.2, 0) is 20.2 Å². The monoisotopic (exact) mass is 425 g/mol. The first-order chi connectivity index (χ1) is 13.0. The summed E-state index contributed by atoms with van der Waals surface area (Å²) in [5, 5.41) is 11.3. The Morgan fingerprint density at radius 1 is 0.857 bits per heavy atom. The number of nitrogens with two attached hydrogens (primary N) is 1. The molecule has 6 N–H and O–H groups in total. The molecule has 0 aliphatic rings. The molecule has 0 atom stereocenters. The van der Waals surface area contributed by atoms with Gasteiger partial charge in [-0.3, -0.25) is 14.5 Å². The average Bonchev–Trinajstić information content (AvgIpc) is 2.60. The van der Waals surface area contributed by atoms with Crippen LogP contribution in [0.5, 0.6) is 5.75 Å². The summed E-state index contributed by atoms with van der Waals surface area (Å²) in [6, 6.07) is 12.9. The summed E-state index contributed by atoms with van der Waals surface area (Å²) in [4.78, 5) is -2.09. The molecule has 0 heterocycles. The van der Waals surface area contributed by atoms with Crippen LogP contribution in [0, 0.1) is 0 Å². The number of hydrazine groups is 2. The minimum atomic E-state index is -4.99. The van der Waals surface area contributed by atoms with Gasteiger partial charge in [0.2, 0.25) is 0 Å². The van der Waals surface area contributed by atoms with Gasteiger partial charge >= 0.3 is 0 Å². The van der Waals surface area contributed by atoms with Crippen molar-refractivity contribution >= 4 is 42.4 Å². The molecule has 0 amide bonds. The van der Waals surface area contributed by atoms with Crippen LogP contribution in [-0.4, -0.2) is 31.0 Å². The average molecular weight is 425 g/mol. The summed E-state index contributed by atoms with van der Waals surface area (Å²) in [6.45, 7) is 0. The Hall–Kier alpha value is -2.90. The number of nitrogens with one attached hydrogen (secondary N) is 1. The Morgan fingerprint density at radius 2 is 1.43 bits per heavy atom. The predicted molar refractivity (Wildman–Crippen MR) is 102 cm³/mol. The van der Waals surface area contributed by atoms with Crippen molar-refractivity contribution < 1.29 is 31.0 Å². The highest BCUT2D eigenvalue weighted by atomic mass is 32.2. The van der Waals surface area contributed by atoms with E-state index in [9.17, 15) is 31.0 Å². The van der Waals surface area contributed by atoms with Crippen LogP contribution < -0.4 is 16.4 Å². The SMILES string of the molecule is NN(Nc1ccccc1)c1cc(O)c2cc(S(=O)(=O)O)c(S(=O)(=O)O)cc2c1. The topological polar surface area (TPSA) is 170 Å². The van der Waals surface area contributed by atoms with Crippen LogP contribution in [0.1, 0.15) is 0 Å². The molecule has 0 saturated heterocycles. The van der Waals surface area contributed by atoms with E-state index in [1.807, 2.05) is 0 Å². The van der Waals surface area contributed by atoms with Gasteiger partial charge in [0.15, 0.2) is 0 Å². The lowest BCUT2D eigenvalue weighted by atomic mass is 10.1. The Morgan fingerprint density at radius 3 is 2.00 bits per heavy atom. The molecular weight excluding hydrogens is 410 g/mol. The summed E-state index contributed by atoms with van der Waals surface area (Å²) in [5.74, 6) is 5.49. The maximum Gasteiger partial charge on any atom is 0.295 e. The van der Waals surface area contributed by atoms with Crippen molar-refractivity contribution in [2.75, 3.05) is 10.5 Å². The van der Waals surface area contributed by atoms with Gasteiger partial charge in [-0.25, -0.2) is 11.0 Å². The number of nitrogens with zero attached hydrogens (tertiary/aromatic N) is 1. The van der Waals surface area contributed by atoms with Gasteiger partial charge < -0.3 is 5.11 Å². The molecule has 3 aromatic rings. The molecular formula is C16H15N3O7S2. The first kappa shape index (κ1) is 19.9. The molecule has 0 bridgehead atoms. The van der Waals surface area contributed by atoms with E-state index in [2.05, 4.69) is 5.43 Å². The van der Waals surface area contributed by atoms with E-state index in [0.29, 0.717) is 5.69 Å². The van der Waals surface area contributed by atoms with E-state index in [1.165, 1.54) is 12.1 Å². The Bertz CT molecular complexity index is 1260. The fourth-order valence-corrected chi connectivity index (χ4v) is 4.40. The summed E-state index contributed by atoms with van der Waals surface area (Å²) in [7, 11) is -9.97. The number of hydrogen-bond acceptors (Lipinski definition) is 8. The van der Waals surface area contributed by atoms with Crippen LogP contribution in [0.4, 0.5) is 11.4 Å². The molecule has 148 valence electrons. The minimum Gasteiger partial charge on any atom is -0.507 e. The predicted octanol–water partition coefficient (Wildman–Crippen LogP) is 1.75. The maximum atomic E-state index is 11.6. The molecule has 0 spiro atoms. The van der Waals surface area contributed by atoms with Gasteiger partial charge in [-0.15, -0.1) is 0 Å². The fraction of sp³-hybridized carbons (Fsp3) is 0. The first-order valence-electron chi connectivity index (χ1n) is 7.59. The quantitative estimate of drug-likeness (QED) is 0.230. The summed E-state index contributed by atoms with van der Waals surface area (Å²) in [6.07, 6.45) is 0. The van der Waals surface area contributed by atoms with Gasteiger partial charge in [0.05, 0.1) is 11.4 Å². The lowest BCUT2D eigenvalue weighted by Gasteiger charge is -2.21. The lowest BCUT2D eigenvalue weighted by molar-refractivity contribution is 0.466. The number of para-hydroxylation sites is 1. The Kier molecular flexibility index (Phi) is 4.91. The molecule has 28 heavy (non-hydrogen) atoms. The second kappa shape index (κ2) is 6.92. The molecule has 0 fully saturated rings. The van der Waals surface area contributed by atoms with Crippen molar-refractivity contribution in [3.8, 4) is 5.75 Å². The normalized spacial score (nSPS) is 12.1. The van der Waals surface area contributed by atoms with Gasteiger partial charge in [-0.05, 0) is 35.7 Å². The highest BCUT2D eigenvalue weighted by molar-refractivity contribution is 7.89. The van der Waals surface area contributed by atoms with E-state index in [-0.39, 0.29) is 16.5 Å². The molecule has 0 radical (unpaired) electrons. The van der Waals surface area contributed by atoms with Crippen molar-refractivity contribution in [3.63, 3.8) is 0 Å². The molecule has 12 heteroatoms. The van der Waals surface area contributed by atoms with Gasteiger partial charge in [-0.1, -0.05) is 18.2 Å². The summed E-state index contributed by atoms with van der Waals surface area (Å²) in [5.41, 5.74) is 3.66. The molecule has 3 rings (SSSR count). The largest absolute Gasteiger partial charge is 0.507 e. The fourth-order valence-electron chi connectivity index (χ4n) is 2.59. The van der Waals surface area contributed by atoms with Gasteiger partial charge in [-0.2, -0.15) is 16.8 Å². The second-order valence-electron chi connectivity index (χ2n) is 5.78. The van der Waals surface area contributed by atoms with Crippen LogP contribution >= 0.6 is 0 Å². The minimum absolute atomic E-state index is 0.0559. The van der Waals surface area contributed by atoms with Gasteiger partial charge in [0, 0.05) is 11.5 Å². The zero-order chi connectivity index (χ0) is 20.7. The molecule has 0 aliphatic heterocycles. The number of phenolic OH excluding ortho intramolecular Hbond substituents is 1. The lowest BCUT2D eigenvalue weighted by Crippen LogP contribution is -2.36. The summed E-state index contributed by atoms with van der Waals surface area (Å²) >= 11 is 0. The summed E-state index contributed by atoms with van der Waals surface area (Å²) < 4.78 is 64.7. The smallest absolute Gasteiger partial charge is 0.295 e. The zero-order valence-electron chi connectivity index (χ0n) is 14.0. The second-order valence-corrected chi connectivity index (χ2v) is 8.56. The van der Waals surface area contributed by atoms with Crippen molar-refractivity contribution in [1.82, 2.24) is 0 Å². The number of hydrogen-bond donors (Lipinski definition) is 5. The number of benzene rings is 3. The van der Waals surface area contributed by atoms with Crippen LogP contribution in [0.3, 0.4) is 0 Å². The number of fused-ring (bicyclic) bond motifs is 1. The Labute approximate surface area is 160 Å². The van der Waals surface area contributed by atoms with Crippen molar-refractivity contribution in [3.05, 3.63) is 54.6 Å². The van der Waals surface area contributed by atoms with Crippen molar-refractivity contribution in [2.24, 2.45) is 5.84 Å². The van der Waals surface area contributed by atoms with E-state index in [0.717, 1.165) is 17.3 Å². The van der Waals surface area contributed by atoms with E-state index in [1.54, 1.807) is 30.3 Å². The maximum absolute atomic E-state index is 11.6. The van der Waals surface area contributed by atoms with Crippen molar-refractivity contribution in [1.29, 1.82) is 0 Å². The van der Waals surface area contributed by atoms with Crippen molar-refractivity contribution in [2.45, 2.75) is 9.79 Å². The highest BCUT2D eigenvalue weighted by Gasteiger charge is 2.25. The third-order valence-corrected chi connectivity index (χ3v) is 5.75. The number of phenols is 1. The first-order valence-corrected chi connectivity index (χ1v) is 10.5. The molecule has 0 aliphatic carbocycles.